The Hall–Kier alpha value is -3.03. The van der Waals surface area contributed by atoms with Gasteiger partial charge in [-0.05, 0) is 44.5 Å². The molecule has 0 amide bonds. The molecule has 2 N–H and O–H groups in total. The van der Waals surface area contributed by atoms with Crippen molar-refractivity contribution in [3.8, 4) is 0 Å². The van der Waals surface area contributed by atoms with Crippen LogP contribution in [0, 0.1) is 23.2 Å². The first-order chi connectivity index (χ1) is 16.6. The van der Waals surface area contributed by atoms with E-state index in [9.17, 15) is 31.1 Å². The second kappa shape index (κ2) is 9.45. The Morgan fingerprint density at radius 3 is 2.14 bits per heavy atom. The zero-order valence-electron chi connectivity index (χ0n) is 19.0. The predicted octanol–water partition coefficient (Wildman–Crippen LogP) is 3.16. The molecule has 1 saturated carbocycles. The van der Waals surface area contributed by atoms with Gasteiger partial charge in [-0.3, -0.25) is 4.79 Å². The van der Waals surface area contributed by atoms with Crippen molar-refractivity contribution in [2.45, 2.75) is 37.3 Å². The van der Waals surface area contributed by atoms with E-state index in [1.54, 1.807) is 13.2 Å². The first-order valence-corrected chi connectivity index (χ1v) is 10.7. The van der Waals surface area contributed by atoms with Gasteiger partial charge in [-0.25, -0.2) is 9.59 Å². The number of hydrogen-bond acceptors (Lipinski definition) is 6. The molecule has 36 heavy (non-hydrogen) atoms. The Morgan fingerprint density at radius 1 is 1.08 bits per heavy atom. The fourth-order valence-corrected chi connectivity index (χ4v) is 5.83. The number of likely N-dealkylation sites (tertiary alicyclic amines) is 1. The number of carbonyl (C=O) groups excluding carboxylic acids is 1. The fourth-order valence-electron chi connectivity index (χ4n) is 5.83. The van der Waals surface area contributed by atoms with Crippen LogP contribution in [-0.4, -0.2) is 78.0 Å². The smallest absolute Gasteiger partial charge is 0.490 e. The molecular weight excluding hydrogens is 504 g/mol. The second-order valence-electron chi connectivity index (χ2n) is 8.97. The number of hydrogen-bond donors (Lipinski definition) is 2. The number of methoxy groups -OCH3 is 1. The maximum Gasteiger partial charge on any atom is 0.490 e. The first kappa shape index (κ1) is 27.6. The van der Waals surface area contributed by atoms with Crippen LogP contribution < -0.4 is 0 Å². The van der Waals surface area contributed by atoms with Crippen LogP contribution in [-0.2, 0) is 23.9 Å². The summed E-state index contributed by atoms with van der Waals surface area (Å²) < 4.78 is 75.3. The summed E-state index contributed by atoms with van der Waals surface area (Å²) in [4.78, 5) is 32.8. The minimum atomic E-state index is -5.08. The third-order valence-corrected chi connectivity index (χ3v) is 7.20. The average molecular weight is 527 g/mol. The quantitative estimate of drug-likeness (QED) is 0.501. The molecule has 5 aliphatic rings. The number of piperidine rings is 1. The van der Waals surface area contributed by atoms with Crippen molar-refractivity contribution in [2.75, 3.05) is 20.7 Å². The molecule has 2 saturated heterocycles. The van der Waals surface area contributed by atoms with Crippen molar-refractivity contribution in [2.24, 2.45) is 23.2 Å². The summed E-state index contributed by atoms with van der Waals surface area (Å²) in [6, 6.07) is 0.513. The van der Waals surface area contributed by atoms with E-state index in [0.29, 0.717) is 23.8 Å². The maximum atomic E-state index is 12.6. The molecule has 2 aliphatic heterocycles. The lowest BCUT2D eigenvalue weighted by Gasteiger charge is -2.59. The number of allylic oxidation sites excluding steroid dienone is 3. The van der Waals surface area contributed by atoms with Crippen molar-refractivity contribution in [3.63, 3.8) is 0 Å². The van der Waals surface area contributed by atoms with Crippen LogP contribution in [0.1, 0.15) is 12.8 Å². The van der Waals surface area contributed by atoms with E-state index < -0.39 is 24.3 Å². The van der Waals surface area contributed by atoms with E-state index in [0.717, 1.165) is 30.9 Å². The molecule has 3 aliphatic carbocycles. The monoisotopic (exact) mass is 527 g/mol. The molecule has 3 fully saturated rings. The highest BCUT2D eigenvalue weighted by atomic mass is 19.4. The molecule has 200 valence electrons. The van der Waals surface area contributed by atoms with Crippen LogP contribution >= 0.6 is 0 Å². The van der Waals surface area contributed by atoms with Gasteiger partial charge >= 0.3 is 24.3 Å². The van der Waals surface area contributed by atoms with Gasteiger partial charge in [0, 0.05) is 23.3 Å². The molecule has 1 spiro atoms. The van der Waals surface area contributed by atoms with E-state index in [2.05, 4.69) is 24.1 Å². The van der Waals surface area contributed by atoms with Crippen LogP contribution in [0.5, 0.6) is 0 Å². The highest BCUT2D eigenvalue weighted by Gasteiger charge is 2.69. The molecule has 14 heteroatoms. The standard InChI is InChI=1S/C18H21NO3.2C2HF3O2/c1-19-8-7-18-11-4-5-13(20)17(18)22-16-14(21-2)6-3-10(15(16)18)9-12(11)19;2*3-2(4,5)1(6)7/h3-6,10-12,15,17H,7-9H2,1-2H3;2*(H,6,7)/t10?,11-,12+,15?,17-,18-;;/m0../s1. The number of ether oxygens (including phenoxy) is 2. The number of aliphatic carboxylic acids is 2. The Kier molecular flexibility index (Phi) is 7.23. The Balaban J connectivity index is 0.000000216. The van der Waals surface area contributed by atoms with E-state index >= 15 is 0 Å². The van der Waals surface area contributed by atoms with Crippen LogP contribution in [0.25, 0.3) is 0 Å². The summed E-state index contributed by atoms with van der Waals surface area (Å²) >= 11 is 0. The van der Waals surface area contributed by atoms with Gasteiger partial charge in [0.15, 0.2) is 17.6 Å². The van der Waals surface area contributed by atoms with Crippen LogP contribution in [0.3, 0.4) is 0 Å². The van der Waals surface area contributed by atoms with Crippen molar-refractivity contribution < 1.29 is 60.4 Å². The zero-order chi connectivity index (χ0) is 27.2. The number of ketones is 1. The fraction of sp³-hybridized carbons (Fsp3) is 0.591. The molecule has 0 aromatic rings. The summed E-state index contributed by atoms with van der Waals surface area (Å²) in [6.45, 7) is 1.05. The zero-order valence-corrected chi connectivity index (χ0v) is 19.0. The summed E-state index contributed by atoms with van der Waals surface area (Å²) in [5, 5.41) is 14.2. The highest BCUT2D eigenvalue weighted by molar-refractivity contribution is 5.96. The van der Waals surface area contributed by atoms with Crippen LogP contribution in [0.4, 0.5) is 26.3 Å². The van der Waals surface area contributed by atoms with Gasteiger partial charge < -0.3 is 24.6 Å². The Bertz CT molecular complexity index is 993. The maximum absolute atomic E-state index is 12.6. The van der Waals surface area contributed by atoms with E-state index in [-0.39, 0.29) is 17.3 Å². The summed E-state index contributed by atoms with van der Waals surface area (Å²) in [5.74, 6) is -2.45. The number of carboxylic acid groups (broad SMARTS) is 2. The van der Waals surface area contributed by atoms with Gasteiger partial charge in [-0.15, -0.1) is 0 Å². The van der Waals surface area contributed by atoms with Gasteiger partial charge in [-0.1, -0.05) is 12.2 Å². The lowest BCUT2D eigenvalue weighted by Crippen LogP contribution is -2.64. The van der Waals surface area contributed by atoms with Crippen molar-refractivity contribution in [3.05, 3.63) is 35.8 Å². The number of alkyl halides is 6. The van der Waals surface area contributed by atoms with Gasteiger partial charge in [0.25, 0.3) is 0 Å². The molecule has 2 unspecified atom stereocenters. The van der Waals surface area contributed by atoms with Crippen LogP contribution in [0.2, 0.25) is 0 Å². The van der Waals surface area contributed by atoms with Gasteiger partial charge in [-0.2, -0.15) is 26.3 Å². The largest absolute Gasteiger partial charge is 0.493 e. The lowest BCUT2D eigenvalue weighted by molar-refractivity contribution is -0.193. The van der Waals surface area contributed by atoms with Crippen molar-refractivity contribution >= 4 is 17.7 Å². The molecule has 6 atom stereocenters. The highest BCUT2D eigenvalue weighted by Crippen LogP contribution is 2.66. The summed E-state index contributed by atoms with van der Waals surface area (Å²) in [7, 11) is 3.91. The number of halogens is 6. The van der Waals surface area contributed by atoms with E-state index in [1.165, 1.54) is 0 Å². The van der Waals surface area contributed by atoms with E-state index in [1.807, 2.05) is 6.08 Å². The number of nitrogens with zero attached hydrogens (tertiary/aromatic N) is 1. The van der Waals surface area contributed by atoms with Gasteiger partial charge in [0.1, 0.15) is 5.76 Å². The third-order valence-electron chi connectivity index (χ3n) is 7.20. The average Bonchev–Trinajstić information content (AvgIpc) is 3.12. The minimum absolute atomic E-state index is 0.0597. The Morgan fingerprint density at radius 2 is 1.64 bits per heavy atom. The van der Waals surface area contributed by atoms with E-state index in [4.69, 9.17) is 29.3 Å². The van der Waals surface area contributed by atoms with Crippen LogP contribution in [0.15, 0.2) is 35.8 Å². The number of carbonyl (C=O) groups is 3. The first-order valence-electron chi connectivity index (χ1n) is 10.7. The van der Waals surface area contributed by atoms with Gasteiger partial charge in [0.2, 0.25) is 0 Å². The lowest BCUT2D eigenvalue weighted by atomic mass is 9.48. The molecule has 0 aromatic heterocycles. The number of rotatable bonds is 1. The molecule has 0 radical (unpaired) electrons. The molecule has 2 bridgehead atoms. The van der Waals surface area contributed by atoms with Gasteiger partial charge in [0.05, 0.1) is 7.11 Å². The third kappa shape index (κ3) is 4.70. The number of carboxylic acids is 2. The molecule has 0 aromatic carbocycles. The second-order valence-corrected chi connectivity index (χ2v) is 8.97. The Labute approximate surface area is 200 Å². The molecular formula is C22H23F6NO7. The molecule has 8 nitrogen and oxygen atoms in total. The van der Waals surface area contributed by atoms with Crippen molar-refractivity contribution in [1.82, 2.24) is 4.90 Å². The summed E-state index contributed by atoms with van der Waals surface area (Å²) in [6.07, 6.45) is -0.0549. The SMILES string of the molecule is COC1=C2O[C@H]3C(=O)C=C[C@H]4[C@H]5CC(C=C1)C2[C@@]34CCN5C.O=C(O)C(F)(F)F.O=C(O)C(F)(F)F. The summed E-state index contributed by atoms with van der Waals surface area (Å²) in [5.41, 5.74) is -0.0597. The van der Waals surface area contributed by atoms with Crippen molar-refractivity contribution in [1.29, 1.82) is 0 Å². The predicted molar refractivity (Wildman–Crippen MR) is 108 cm³/mol. The topological polar surface area (TPSA) is 113 Å². The molecule has 2 heterocycles. The normalized spacial score (nSPS) is 33.9. The minimum Gasteiger partial charge on any atom is -0.493 e. The molecule has 5 rings (SSSR count).